The van der Waals surface area contributed by atoms with E-state index in [1.807, 2.05) is 0 Å². The molecule has 43 heavy (non-hydrogen) atoms. The van der Waals surface area contributed by atoms with Crippen molar-refractivity contribution in [2.45, 2.75) is 31.1 Å². The van der Waals surface area contributed by atoms with Gasteiger partial charge in [-0.3, -0.25) is 0 Å². The molecule has 6 aliphatic heterocycles. The predicted molar refractivity (Wildman–Crippen MR) is 175 cm³/mol. The first-order valence-corrected chi connectivity index (χ1v) is 15.8. The predicted octanol–water partition coefficient (Wildman–Crippen LogP) is 6.30. The monoisotopic (exact) mass is 543 g/mol. The minimum atomic E-state index is -0.353. The Morgan fingerprint density at radius 1 is 0.372 bits per heavy atom. The van der Waals surface area contributed by atoms with E-state index in [-0.39, 0.29) is 5.41 Å². The van der Waals surface area contributed by atoms with E-state index in [0.717, 1.165) is 25.7 Å². The van der Waals surface area contributed by atoms with Crippen molar-refractivity contribution < 1.29 is 0 Å². The average Bonchev–Trinajstić information content (AvgIpc) is 3.04. The number of para-hydroxylation sites is 3. The maximum Gasteiger partial charge on any atom is 0.243 e. The van der Waals surface area contributed by atoms with Crippen molar-refractivity contribution in [3.05, 3.63) is 176 Å². The molecule has 0 atom stereocenters. The van der Waals surface area contributed by atoms with Gasteiger partial charge < -0.3 is 4.90 Å². The SMILES string of the molecule is c1cc2c3c(c1)Cc1cccc4c1B3c1c(cccc1C41c3cccc4c3N3c5c(cccc5Cc5cccc1c53)C4)C2. The fraction of sp³-hybridized carbons (Fsp3) is 0.122. The molecule has 1 spiro atoms. The molecule has 0 aromatic heterocycles. The van der Waals surface area contributed by atoms with Gasteiger partial charge in [-0.1, -0.05) is 126 Å². The number of anilines is 3. The lowest BCUT2D eigenvalue weighted by atomic mass is 9.25. The molecule has 0 bridgehead atoms. The first kappa shape index (κ1) is 21.8. The highest BCUT2D eigenvalue weighted by Crippen LogP contribution is 2.63. The third-order valence-corrected chi connectivity index (χ3v) is 11.8. The molecule has 0 saturated carbocycles. The summed E-state index contributed by atoms with van der Waals surface area (Å²) in [5.41, 5.74) is 26.5. The Balaban J connectivity index is 1.30. The van der Waals surface area contributed by atoms with Crippen LogP contribution in [0.1, 0.15) is 66.8 Å². The molecule has 2 heteroatoms. The zero-order valence-electron chi connectivity index (χ0n) is 23.7. The topological polar surface area (TPSA) is 3.24 Å². The molecule has 0 aliphatic carbocycles. The Labute approximate surface area is 251 Å². The number of nitrogens with zero attached hydrogens (tertiary/aromatic N) is 1. The van der Waals surface area contributed by atoms with Crippen molar-refractivity contribution in [2.24, 2.45) is 0 Å². The molecule has 0 N–H and O–H groups in total. The molecule has 0 amide bonds. The van der Waals surface area contributed by atoms with Crippen LogP contribution in [-0.4, -0.2) is 6.71 Å². The van der Waals surface area contributed by atoms with E-state index in [2.05, 4.69) is 114 Å². The summed E-state index contributed by atoms with van der Waals surface area (Å²) in [6.45, 7) is 0.321. The van der Waals surface area contributed by atoms with Gasteiger partial charge in [0.1, 0.15) is 0 Å². The van der Waals surface area contributed by atoms with Crippen molar-refractivity contribution in [2.75, 3.05) is 4.90 Å². The van der Waals surface area contributed by atoms with Crippen LogP contribution >= 0.6 is 0 Å². The van der Waals surface area contributed by atoms with Gasteiger partial charge in [0.25, 0.3) is 0 Å². The van der Waals surface area contributed by atoms with Crippen LogP contribution < -0.4 is 21.3 Å². The van der Waals surface area contributed by atoms with Crippen LogP contribution in [0.4, 0.5) is 17.1 Å². The highest BCUT2D eigenvalue weighted by Gasteiger charge is 2.57. The van der Waals surface area contributed by atoms with E-state index in [9.17, 15) is 0 Å². The Hall–Kier alpha value is -4.82. The van der Waals surface area contributed by atoms with E-state index in [1.165, 1.54) is 83.8 Å². The van der Waals surface area contributed by atoms with E-state index < -0.39 is 0 Å². The van der Waals surface area contributed by atoms with Crippen LogP contribution in [0.3, 0.4) is 0 Å². The lowest BCUT2D eigenvalue weighted by Crippen LogP contribution is -2.68. The van der Waals surface area contributed by atoms with Crippen LogP contribution in [0, 0.1) is 0 Å². The van der Waals surface area contributed by atoms with Gasteiger partial charge in [-0.2, -0.15) is 0 Å². The summed E-state index contributed by atoms with van der Waals surface area (Å²) in [6.07, 6.45) is 4.04. The average molecular weight is 543 g/mol. The van der Waals surface area contributed by atoms with Gasteiger partial charge in [-0.25, -0.2) is 0 Å². The molecule has 6 aliphatic rings. The minimum Gasteiger partial charge on any atom is -0.309 e. The van der Waals surface area contributed by atoms with Crippen molar-refractivity contribution in [3.8, 4) is 0 Å². The number of hydrogen-bond acceptors (Lipinski definition) is 1. The first-order valence-electron chi connectivity index (χ1n) is 15.8. The highest BCUT2D eigenvalue weighted by atomic mass is 15.2. The molecule has 6 heterocycles. The fourth-order valence-electron chi connectivity index (χ4n) is 10.5. The quantitative estimate of drug-likeness (QED) is 0.203. The standard InChI is InChI=1S/C41H26BN/c1-7-23-19-25-9-3-15-31-36(25)42-35(23)24(8-1)20-26-10-4-16-32(37(26)42)41(31)33-17-5-13-29-21-27-11-2-12-28-22-30-14-6-18-34(41)40(30)43(38(27)28)39(29)33/h1-18H,19-22H2. The number of rotatable bonds is 0. The van der Waals surface area contributed by atoms with Gasteiger partial charge >= 0.3 is 0 Å². The van der Waals surface area contributed by atoms with E-state index >= 15 is 0 Å². The van der Waals surface area contributed by atoms with Gasteiger partial charge in [0.15, 0.2) is 0 Å². The second-order valence-electron chi connectivity index (χ2n) is 13.5. The van der Waals surface area contributed by atoms with Crippen LogP contribution in [0.25, 0.3) is 0 Å². The molecule has 12 rings (SSSR count). The molecule has 6 aromatic rings. The van der Waals surface area contributed by atoms with Crippen molar-refractivity contribution in [3.63, 3.8) is 0 Å². The Bertz CT molecular complexity index is 2010. The van der Waals surface area contributed by atoms with Crippen LogP contribution in [-0.2, 0) is 31.1 Å². The first-order chi connectivity index (χ1) is 21.3. The van der Waals surface area contributed by atoms with Gasteiger partial charge in [0.2, 0.25) is 6.71 Å². The highest BCUT2D eigenvalue weighted by molar-refractivity contribution is 6.98. The minimum absolute atomic E-state index is 0.321. The molecule has 198 valence electrons. The maximum absolute atomic E-state index is 2.68. The molecule has 6 aromatic carbocycles. The second kappa shape index (κ2) is 7.04. The Morgan fingerprint density at radius 2 is 0.721 bits per heavy atom. The van der Waals surface area contributed by atoms with E-state index in [0.29, 0.717) is 6.71 Å². The summed E-state index contributed by atoms with van der Waals surface area (Å²) < 4.78 is 0. The molecule has 0 unspecified atom stereocenters. The van der Waals surface area contributed by atoms with E-state index in [4.69, 9.17) is 0 Å². The van der Waals surface area contributed by atoms with Crippen LogP contribution in [0.5, 0.6) is 0 Å². The summed E-state index contributed by atoms with van der Waals surface area (Å²) in [7, 11) is 0. The van der Waals surface area contributed by atoms with Crippen molar-refractivity contribution in [1.82, 2.24) is 0 Å². The van der Waals surface area contributed by atoms with Gasteiger partial charge in [-0.05, 0) is 79.6 Å². The zero-order valence-corrected chi connectivity index (χ0v) is 23.7. The Morgan fingerprint density at radius 3 is 1.21 bits per heavy atom. The summed E-state index contributed by atoms with van der Waals surface area (Å²) >= 11 is 0. The van der Waals surface area contributed by atoms with Gasteiger partial charge in [-0.15, -0.1) is 0 Å². The van der Waals surface area contributed by atoms with Crippen molar-refractivity contribution >= 4 is 40.2 Å². The van der Waals surface area contributed by atoms with E-state index in [1.54, 1.807) is 16.4 Å². The maximum atomic E-state index is 2.68. The summed E-state index contributed by atoms with van der Waals surface area (Å²) in [6, 6.07) is 43.0. The molecular formula is C41H26BN. The van der Waals surface area contributed by atoms with Gasteiger partial charge in [0.05, 0.1) is 22.5 Å². The molecule has 0 fully saturated rings. The zero-order chi connectivity index (χ0) is 27.6. The largest absolute Gasteiger partial charge is 0.309 e. The Kier molecular flexibility index (Phi) is 3.57. The summed E-state index contributed by atoms with van der Waals surface area (Å²) in [5.74, 6) is 0. The third kappa shape index (κ3) is 2.25. The van der Waals surface area contributed by atoms with Crippen molar-refractivity contribution in [1.29, 1.82) is 0 Å². The third-order valence-electron chi connectivity index (χ3n) is 11.8. The summed E-state index contributed by atoms with van der Waals surface area (Å²) in [5, 5.41) is 0. The van der Waals surface area contributed by atoms with Gasteiger partial charge in [0, 0.05) is 12.8 Å². The lowest BCUT2D eigenvalue weighted by Gasteiger charge is -2.55. The second-order valence-corrected chi connectivity index (χ2v) is 13.5. The van der Waals surface area contributed by atoms with Crippen LogP contribution in [0.15, 0.2) is 109 Å². The number of benzene rings is 6. The summed E-state index contributed by atoms with van der Waals surface area (Å²) in [4.78, 5) is 2.68. The normalized spacial score (nSPS) is 17.0. The smallest absolute Gasteiger partial charge is 0.243 e. The number of hydrogen-bond donors (Lipinski definition) is 0. The molecule has 0 saturated heterocycles. The fourth-order valence-corrected chi connectivity index (χ4v) is 10.5. The van der Waals surface area contributed by atoms with Crippen LogP contribution in [0.2, 0.25) is 0 Å². The lowest BCUT2D eigenvalue weighted by molar-refractivity contribution is 0.722. The molecule has 1 nitrogen and oxygen atoms in total. The molecule has 0 radical (unpaired) electrons. The number of fused-ring (bicyclic) bond motifs is 4. The molecular weight excluding hydrogens is 517 g/mol.